The Balaban J connectivity index is 1.73. The highest BCUT2D eigenvalue weighted by Gasteiger charge is 2.31. The third kappa shape index (κ3) is 2.77. The van der Waals surface area contributed by atoms with Crippen molar-refractivity contribution in [2.45, 2.75) is 26.1 Å². The SMILES string of the molecule is COc1cc(-c2nc3c4n(c(=O)n(Cc5ccccc5)c-3n2)C[C@H](C)N4)n(C)n1. The van der Waals surface area contributed by atoms with Gasteiger partial charge < -0.3 is 10.1 Å². The molecule has 148 valence electrons. The summed E-state index contributed by atoms with van der Waals surface area (Å²) in [5, 5.41) is 7.66. The summed E-state index contributed by atoms with van der Waals surface area (Å²) in [4.78, 5) is 22.8. The lowest BCUT2D eigenvalue weighted by atomic mass is 10.2. The molecule has 1 aromatic heterocycles. The summed E-state index contributed by atoms with van der Waals surface area (Å²) in [6, 6.07) is 11.8. The van der Waals surface area contributed by atoms with Crippen LogP contribution in [0.25, 0.3) is 23.0 Å². The van der Waals surface area contributed by atoms with Crippen LogP contribution in [0.1, 0.15) is 12.5 Å². The van der Waals surface area contributed by atoms with E-state index in [-0.39, 0.29) is 11.7 Å². The number of fused-ring (bicyclic) bond motifs is 3. The first kappa shape index (κ1) is 17.5. The highest BCUT2D eigenvalue weighted by molar-refractivity contribution is 5.73. The second-order valence-electron chi connectivity index (χ2n) is 7.27. The fourth-order valence-electron chi connectivity index (χ4n) is 3.78. The van der Waals surface area contributed by atoms with Gasteiger partial charge in [0.05, 0.1) is 13.7 Å². The molecule has 1 atom stereocenters. The van der Waals surface area contributed by atoms with E-state index in [4.69, 9.17) is 14.7 Å². The lowest BCUT2D eigenvalue weighted by Gasteiger charge is -2.14. The van der Waals surface area contributed by atoms with Crippen molar-refractivity contribution in [1.29, 1.82) is 0 Å². The topological polar surface area (TPSA) is 91.8 Å². The Morgan fingerprint density at radius 3 is 2.76 bits per heavy atom. The molecule has 0 unspecified atom stereocenters. The van der Waals surface area contributed by atoms with E-state index in [1.54, 1.807) is 27.0 Å². The predicted molar refractivity (Wildman–Crippen MR) is 108 cm³/mol. The lowest BCUT2D eigenvalue weighted by Crippen LogP contribution is -2.32. The van der Waals surface area contributed by atoms with Gasteiger partial charge in [-0.3, -0.25) is 13.8 Å². The molecule has 0 spiro atoms. The van der Waals surface area contributed by atoms with Gasteiger partial charge >= 0.3 is 5.69 Å². The normalized spacial score (nSPS) is 15.5. The summed E-state index contributed by atoms with van der Waals surface area (Å²) in [7, 11) is 3.39. The van der Waals surface area contributed by atoms with E-state index in [0.717, 1.165) is 17.1 Å². The molecule has 3 aliphatic heterocycles. The van der Waals surface area contributed by atoms with Crippen molar-refractivity contribution in [2.75, 3.05) is 12.4 Å². The van der Waals surface area contributed by atoms with Gasteiger partial charge in [0.25, 0.3) is 0 Å². The van der Waals surface area contributed by atoms with Crippen LogP contribution in [0.3, 0.4) is 0 Å². The average Bonchev–Trinajstić information content (AvgIpc) is 3.42. The van der Waals surface area contributed by atoms with Gasteiger partial charge in [0.2, 0.25) is 5.88 Å². The summed E-state index contributed by atoms with van der Waals surface area (Å²) < 4.78 is 10.3. The van der Waals surface area contributed by atoms with Crippen LogP contribution in [0, 0.1) is 0 Å². The fourth-order valence-corrected chi connectivity index (χ4v) is 3.78. The van der Waals surface area contributed by atoms with Crippen LogP contribution in [-0.2, 0) is 20.1 Å². The molecule has 0 aliphatic carbocycles. The predicted octanol–water partition coefficient (Wildman–Crippen LogP) is 1.82. The standard InChI is InChI=1S/C20H21N7O2/c1-12-10-26-18(21-12)16-19(27(20(26)28)11-13-7-5-4-6-8-13)23-17(22-16)14-9-15(29-3)24-25(14)2/h4-9,12,21H,10-11H2,1-3H3/t12-/m0/s1. The van der Waals surface area contributed by atoms with E-state index in [1.165, 1.54) is 0 Å². The van der Waals surface area contributed by atoms with Gasteiger partial charge in [0.15, 0.2) is 11.6 Å². The molecule has 4 heterocycles. The Kier molecular flexibility index (Phi) is 3.90. The van der Waals surface area contributed by atoms with Crippen molar-refractivity contribution < 1.29 is 4.74 Å². The Bertz CT molecular complexity index is 1220. The summed E-state index contributed by atoms with van der Waals surface area (Å²) >= 11 is 0. The maximum Gasteiger partial charge on any atom is 0.331 e. The first-order chi connectivity index (χ1) is 14.0. The van der Waals surface area contributed by atoms with Crippen molar-refractivity contribution in [3.63, 3.8) is 0 Å². The van der Waals surface area contributed by atoms with Crippen LogP contribution in [0.5, 0.6) is 5.88 Å². The monoisotopic (exact) mass is 391 g/mol. The van der Waals surface area contributed by atoms with Crippen molar-refractivity contribution in [3.05, 3.63) is 52.4 Å². The summed E-state index contributed by atoms with van der Waals surface area (Å²) in [5.74, 6) is 2.27. The van der Waals surface area contributed by atoms with E-state index < -0.39 is 0 Å². The number of aromatic nitrogens is 6. The third-order valence-electron chi connectivity index (χ3n) is 5.17. The smallest absolute Gasteiger partial charge is 0.331 e. The van der Waals surface area contributed by atoms with E-state index in [2.05, 4.69) is 10.4 Å². The van der Waals surface area contributed by atoms with Crippen LogP contribution in [-0.4, -0.2) is 42.0 Å². The number of ether oxygens (including phenoxy) is 1. The molecule has 3 aliphatic rings. The van der Waals surface area contributed by atoms with Gasteiger partial charge in [-0.05, 0) is 12.5 Å². The minimum absolute atomic E-state index is 0.0951. The van der Waals surface area contributed by atoms with Gasteiger partial charge in [-0.25, -0.2) is 14.8 Å². The maximum atomic E-state index is 13.3. The molecule has 0 fully saturated rings. The fraction of sp³-hybridized carbons (Fsp3) is 0.300. The minimum atomic E-state index is -0.0951. The highest BCUT2D eigenvalue weighted by Crippen LogP contribution is 2.33. The zero-order chi connectivity index (χ0) is 20.1. The van der Waals surface area contributed by atoms with Crippen LogP contribution < -0.4 is 15.7 Å². The van der Waals surface area contributed by atoms with Gasteiger partial charge in [0, 0.05) is 25.7 Å². The number of anilines is 1. The molecule has 0 amide bonds. The molecular weight excluding hydrogens is 370 g/mol. The minimum Gasteiger partial charge on any atom is -0.480 e. The number of rotatable bonds is 4. The van der Waals surface area contributed by atoms with Gasteiger partial charge in [-0.1, -0.05) is 30.3 Å². The average molecular weight is 391 g/mol. The molecule has 0 saturated carbocycles. The van der Waals surface area contributed by atoms with Gasteiger partial charge in [-0.15, -0.1) is 5.10 Å². The second kappa shape index (κ2) is 6.47. The van der Waals surface area contributed by atoms with Gasteiger partial charge in [0.1, 0.15) is 17.2 Å². The zero-order valence-corrected chi connectivity index (χ0v) is 16.5. The first-order valence-corrected chi connectivity index (χ1v) is 9.45. The van der Waals surface area contributed by atoms with Crippen LogP contribution in [0.15, 0.2) is 41.2 Å². The quantitative estimate of drug-likeness (QED) is 0.571. The van der Waals surface area contributed by atoms with Crippen LogP contribution in [0.4, 0.5) is 5.82 Å². The molecule has 5 rings (SSSR count). The Labute approximate surface area is 166 Å². The number of benzene rings is 1. The van der Waals surface area contributed by atoms with Crippen molar-refractivity contribution in [1.82, 2.24) is 28.9 Å². The zero-order valence-electron chi connectivity index (χ0n) is 16.5. The number of nitrogens with zero attached hydrogens (tertiary/aromatic N) is 6. The van der Waals surface area contributed by atoms with E-state index >= 15 is 0 Å². The number of hydrogen-bond acceptors (Lipinski definition) is 6. The van der Waals surface area contributed by atoms with E-state index in [9.17, 15) is 4.79 Å². The molecule has 0 radical (unpaired) electrons. The van der Waals surface area contributed by atoms with E-state index in [1.807, 2.05) is 44.3 Å². The number of hydrogen-bond donors (Lipinski definition) is 1. The third-order valence-corrected chi connectivity index (χ3v) is 5.17. The molecule has 1 N–H and O–H groups in total. The Morgan fingerprint density at radius 2 is 2.03 bits per heavy atom. The largest absolute Gasteiger partial charge is 0.480 e. The number of nitrogens with one attached hydrogen (secondary N) is 1. The number of imidazole rings is 1. The highest BCUT2D eigenvalue weighted by atomic mass is 16.5. The molecule has 0 saturated heterocycles. The van der Waals surface area contributed by atoms with Crippen LogP contribution >= 0.6 is 0 Å². The molecule has 9 heteroatoms. The Hall–Kier alpha value is -3.62. The van der Waals surface area contributed by atoms with Crippen molar-refractivity contribution >= 4 is 5.82 Å². The van der Waals surface area contributed by atoms with Crippen molar-refractivity contribution in [2.24, 2.45) is 7.05 Å². The lowest BCUT2D eigenvalue weighted by molar-refractivity contribution is 0.392. The Morgan fingerprint density at radius 1 is 1.24 bits per heavy atom. The molecule has 0 bridgehead atoms. The first-order valence-electron chi connectivity index (χ1n) is 9.45. The summed E-state index contributed by atoms with van der Waals surface area (Å²) in [5.41, 5.74) is 2.34. The number of aryl methyl sites for hydroxylation is 1. The molecule has 9 nitrogen and oxygen atoms in total. The molecule has 29 heavy (non-hydrogen) atoms. The van der Waals surface area contributed by atoms with Gasteiger partial charge in [-0.2, -0.15) is 0 Å². The second-order valence-corrected chi connectivity index (χ2v) is 7.27. The summed E-state index contributed by atoms with van der Waals surface area (Å²) in [6.45, 7) is 3.07. The van der Waals surface area contributed by atoms with Crippen LogP contribution in [0.2, 0.25) is 0 Å². The van der Waals surface area contributed by atoms with E-state index in [0.29, 0.717) is 36.3 Å². The maximum absolute atomic E-state index is 13.3. The molecule has 1 aromatic carbocycles. The van der Waals surface area contributed by atoms with Crippen molar-refractivity contribution in [3.8, 4) is 28.9 Å². The number of methoxy groups -OCH3 is 1. The molecular formula is C20H21N7O2. The summed E-state index contributed by atoms with van der Waals surface area (Å²) in [6.07, 6.45) is 0. The molecule has 2 aromatic rings.